The summed E-state index contributed by atoms with van der Waals surface area (Å²) in [5, 5.41) is 3.79. The van der Waals surface area contributed by atoms with E-state index in [9.17, 15) is 4.79 Å². The highest BCUT2D eigenvalue weighted by Crippen LogP contribution is 2.30. The van der Waals surface area contributed by atoms with E-state index in [1.807, 2.05) is 0 Å². The number of carbonyl (C=O) groups excluding carboxylic acids is 1. The first-order chi connectivity index (χ1) is 12.0. The third-order valence-electron chi connectivity index (χ3n) is 4.27. The first-order valence-electron chi connectivity index (χ1n) is 8.23. The molecular weight excluding hydrogens is 359 g/mol. The number of amides is 1. The molecule has 0 aromatic heterocycles. The van der Waals surface area contributed by atoms with Crippen LogP contribution in [-0.2, 0) is 0 Å². The van der Waals surface area contributed by atoms with E-state index in [-0.39, 0.29) is 12.0 Å². The number of rotatable bonds is 4. The van der Waals surface area contributed by atoms with E-state index >= 15 is 0 Å². The highest BCUT2D eigenvalue weighted by Gasteiger charge is 2.19. The summed E-state index contributed by atoms with van der Waals surface area (Å²) in [5.74, 6) is 0.325. The molecule has 1 N–H and O–H groups in total. The number of carbonyl (C=O) groups is 1. The third-order valence-corrected chi connectivity index (χ3v) is 4.91. The van der Waals surface area contributed by atoms with Crippen molar-refractivity contribution in [2.75, 3.05) is 25.5 Å². The fourth-order valence-electron chi connectivity index (χ4n) is 2.80. The van der Waals surface area contributed by atoms with Crippen molar-refractivity contribution in [3.8, 4) is 5.75 Å². The summed E-state index contributed by atoms with van der Waals surface area (Å²) in [4.78, 5) is 14.7. The summed E-state index contributed by atoms with van der Waals surface area (Å²) in [5.41, 5.74) is 1.05. The predicted molar refractivity (Wildman–Crippen MR) is 102 cm³/mol. The molecule has 2 aromatic carbocycles. The third kappa shape index (κ3) is 4.66. The summed E-state index contributed by atoms with van der Waals surface area (Å²) < 4.78 is 6.05. The molecule has 4 nitrogen and oxygen atoms in total. The van der Waals surface area contributed by atoms with E-state index in [2.05, 4.69) is 17.3 Å². The lowest BCUT2D eigenvalue weighted by Gasteiger charge is -2.29. The van der Waals surface area contributed by atoms with Gasteiger partial charge in [0.2, 0.25) is 0 Å². The Bertz CT molecular complexity index is 759. The van der Waals surface area contributed by atoms with Crippen LogP contribution in [0.4, 0.5) is 5.69 Å². The lowest BCUT2D eigenvalue weighted by atomic mass is 10.1. The van der Waals surface area contributed by atoms with Crippen molar-refractivity contribution in [2.24, 2.45) is 0 Å². The Morgan fingerprint density at radius 3 is 2.56 bits per heavy atom. The number of piperidine rings is 1. The molecule has 1 aliphatic heterocycles. The van der Waals surface area contributed by atoms with Crippen molar-refractivity contribution < 1.29 is 9.53 Å². The molecule has 0 aliphatic carbocycles. The Hall–Kier alpha value is -1.75. The molecule has 25 heavy (non-hydrogen) atoms. The molecule has 1 amide bonds. The number of nitrogens with zero attached hydrogens (tertiary/aromatic N) is 1. The molecule has 1 aliphatic rings. The largest absolute Gasteiger partial charge is 0.489 e. The number of hydrogen-bond acceptors (Lipinski definition) is 3. The van der Waals surface area contributed by atoms with Crippen LogP contribution in [0.15, 0.2) is 42.5 Å². The topological polar surface area (TPSA) is 41.6 Å². The van der Waals surface area contributed by atoms with Gasteiger partial charge in [-0.25, -0.2) is 0 Å². The van der Waals surface area contributed by atoms with Crippen molar-refractivity contribution in [1.29, 1.82) is 0 Å². The number of nitrogens with one attached hydrogen (secondary N) is 1. The van der Waals surface area contributed by atoms with E-state index in [4.69, 9.17) is 27.9 Å². The molecule has 0 bridgehead atoms. The monoisotopic (exact) mass is 378 g/mol. The molecule has 132 valence electrons. The Balaban J connectivity index is 1.71. The van der Waals surface area contributed by atoms with Crippen molar-refractivity contribution in [2.45, 2.75) is 18.9 Å². The van der Waals surface area contributed by atoms with E-state index in [1.165, 1.54) is 0 Å². The van der Waals surface area contributed by atoms with E-state index in [1.54, 1.807) is 42.5 Å². The van der Waals surface area contributed by atoms with Gasteiger partial charge in [-0.2, -0.15) is 0 Å². The highest BCUT2D eigenvalue weighted by atomic mass is 35.5. The van der Waals surface area contributed by atoms with Gasteiger partial charge in [0.15, 0.2) is 0 Å². The van der Waals surface area contributed by atoms with E-state index in [0.717, 1.165) is 25.9 Å². The summed E-state index contributed by atoms with van der Waals surface area (Å²) in [6, 6.07) is 12.2. The van der Waals surface area contributed by atoms with Gasteiger partial charge in [-0.3, -0.25) is 4.79 Å². The summed E-state index contributed by atoms with van der Waals surface area (Å²) in [7, 11) is 2.11. The van der Waals surface area contributed by atoms with Crippen molar-refractivity contribution >= 4 is 34.8 Å². The maximum atomic E-state index is 12.4. The van der Waals surface area contributed by atoms with Crippen LogP contribution in [0, 0.1) is 0 Å². The van der Waals surface area contributed by atoms with Crippen LogP contribution < -0.4 is 10.1 Å². The van der Waals surface area contributed by atoms with Crippen LogP contribution >= 0.6 is 23.2 Å². The standard InChI is InChI=1S/C19H20Cl2N2O2/c1-23-10-8-14(9-11-23)25-18-12-13(6-7-17(18)21)22-19(24)15-4-2-3-5-16(15)20/h2-7,12,14H,8-11H2,1H3,(H,22,24). The van der Waals surface area contributed by atoms with Gasteiger partial charge in [0.25, 0.3) is 5.91 Å². The fraction of sp³-hybridized carbons (Fsp3) is 0.316. The first-order valence-corrected chi connectivity index (χ1v) is 8.99. The average Bonchev–Trinajstić information content (AvgIpc) is 2.60. The van der Waals surface area contributed by atoms with Crippen molar-refractivity contribution in [3.63, 3.8) is 0 Å². The second-order valence-corrected chi connectivity index (χ2v) is 7.01. The van der Waals surface area contributed by atoms with Crippen molar-refractivity contribution in [1.82, 2.24) is 4.90 Å². The highest BCUT2D eigenvalue weighted by molar-refractivity contribution is 6.34. The molecule has 3 rings (SSSR count). The fourth-order valence-corrected chi connectivity index (χ4v) is 3.18. The number of ether oxygens (including phenoxy) is 1. The van der Waals surface area contributed by atoms with Crippen LogP contribution in [-0.4, -0.2) is 37.0 Å². The quantitative estimate of drug-likeness (QED) is 0.836. The molecule has 0 unspecified atom stereocenters. The van der Waals surface area contributed by atoms with Gasteiger partial charge in [-0.1, -0.05) is 35.3 Å². The van der Waals surface area contributed by atoms with E-state index in [0.29, 0.717) is 27.0 Å². The lowest BCUT2D eigenvalue weighted by molar-refractivity contribution is 0.102. The normalized spacial score (nSPS) is 15.8. The molecular formula is C19H20Cl2N2O2. The van der Waals surface area contributed by atoms with Crippen LogP contribution in [0.2, 0.25) is 10.0 Å². The maximum Gasteiger partial charge on any atom is 0.257 e. The SMILES string of the molecule is CN1CCC(Oc2cc(NC(=O)c3ccccc3Cl)ccc2Cl)CC1. The summed E-state index contributed by atoms with van der Waals surface area (Å²) >= 11 is 12.3. The smallest absolute Gasteiger partial charge is 0.257 e. The number of anilines is 1. The predicted octanol–water partition coefficient (Wildman–Crippen LogP) is 4.72. The molecule has 6 heteroatoms. The van der Waals surface area contributed by atoms with Crippen molar-refractivity contribution in [3.05, 3.63) is 58.1 Å². The minimum atomic E-state index is -0.266. The van der Waals surface area contributed by atoms with Gasteiger partial charge in [0.05, 0.1) is 15.6 Å². The molecule has 0 saturated carbocycles. The van der Waals surface area contributed by atoms with Gasteiger partial charge in [0.1, 0.15) is 11.9 Å². The molecule has 1 saturated heterocycles. The van der Waals surface area contributed by atoms with Crippen LogP contribution in [0.3, 0.4) is 0 Å². The summed E-state index contributed by atoms with van der Waals surface area (Å²) in [6.07, 6.45) is 2.06. The minimum Gasteiger partial charge on any atom is -0.489 e. The zero-order valence-corrected chi connectivity index (χ0v) is 15.5. The van der Waals surface area contributed by atoms with Gasteiger partial charge in [0, 0.05) is 24.8 Å². The zero-order chi connectivity index (χ0) is 17.8. The van der Waals surface area contributed by atoms with Gasteiger partial charge >= 0.3 is 0 Å². The molecule has 0 atom stereocenters. The second kappa shape index (κ2) is 8.09. The second-order valence-electron chi connectivity index (χ2n) is 6.20. The number of halogens is 2. The Kier molecular flexibility index (Phi) is 5.84. The Labute approximate surface area is 157 Å². The number of hydrogen-bond donors (Lipinski definition) is 1. The molecule has 2 aromatic rings. The Morgan fingerprint density at radius 1 is 1.12 bits per heavy atom. The molecule has 1 heterocycles. The van der Waals surface area contributed by atoms with Crippen LogP contribution in [0.5, 0.6) is 5.75 Å². The van der Waals surface area contributed by atoms with Gasteiger partial charge < -0.3 is 15.0 Å². The van der Waals surface area contributed by atoms with Crippen LogP contribution in [0.25, 0.3) is 0 Å². The average molecular weight is 379 g/mol. The first kappa shape index (κ1) is 18.1. The molecule has 1 fully saturated rings. The number of likely N-dealkylation sites (tertiary alicyclic amines) is 1. The van der Waals surface area contributed by atoms with E-state index < -0.39 is 0 Å². The Morgan fingerprint density at radius 2 is 1.84 bits per heavy atom. The maximum absolute atomic E-state index is 12.4. The zero-order valence-electron chi connectivity index (χ0n) is 14.0. The molecule has 0 radical (unpaired) electrons. The minimum absolute atomic E-state index is 0.142. The summed E-state index contributed by atoms with van der Waals surface area (Å²) in [6.45, 7) is 2.01. The van der Waals surface area contributed by atoms with Crippen LogP contribution in [0.1, 0.15) is 23.2 Å². The number of benzene rings is 2. The lowest BCUT2D eigenvalue weighted by Crippen LogP contribution is -2.35. The van der Waals surface area contributed by atoms with Gasteiger partial charge in [-0.05, 0) is 44.2 Å². The molecule has 0 spiro atoms. The van der Waals surface area contributed by atoms with Gasteiger partial charge in [-0.15, -0.1) is 0 Å².